The van der Waals surface area contributed by atoms with Crippen molar-refractivity contribution in [2.45, 2.75) is 25.8 Å². The van der Waals surface area contributed by atoms with E-state index in [0.717, 1.165) is 31.0 Å². The molecule has 1 aliphatic rings. The highest BCUT2D eigenvalue weighted by Gasteiger charge is 2.30. The van der Waals surface area contributed by atoms with Crippen LogP contribution in [0.2, 0.25) is 0 Å². The first kappa shape index (κ1) is 20.6. The number of anilines is 1. The molecule has 1 N–H and O–H groups in total. The van der Waals surface area contributed by atoms with Crippen LogP contribution in [0.3, 0.4) is 0 Å². The van der Waals surface area contributed by atoms with Gasteiger partial charge in [0, 0.05) is 32.9 Å². The number of carbonyl (C=O) groups excluding carboxylic acids is 2. The number of ether oxygens (including phenoxy) is 1. The lowest BCUT2D eigenvalue weighted by Crippen LogP contribution is -2.54. The van der Waals surface area contributed by atoms with Crippen molar-refractivity contribution in [3.8, 4) is 5.75 Å². The molecule has 1 saturated heterocycles. The molecule has 29 heavy (non-hydrogen) atoms. The van der Waals surface area contributed by atoms with Crippen molar-refractivity contribution in [1.29, 1.82) is 0 Å². The van der Waals surface area contributed by atoms with Gasteiger partial charge in [0.2, 0.25) is 5.91 Å². The molecule has 1 aromatic carbocycles. The van der Waals surface area contributed by atoms with Crippen LogP contribution in [-0.4, -0.2) is 61.5 Å². The maximum absolute atomic E-state index is 12.3. The SMILES string of the molecule is COc1ccc(CCCNC(=O)c2ccc(N3CCN(C)C(=O)[C@@H]3C)nc2)cc1. The molecule has 1 fully saturated rings. The van der Waals surface area contributed by atoms with Gasteiger partial charge < -0.3 is 19.9 Å². The Bertz CT molecular complexity index is 836. The zero-order valence-electron chi connectivity index (χ0n) is 17.2. The minimum atomic E-state index is -0.251. The van der Waals surface area contributed by atoms with Crippen LogP contribution < -0.4 is 15.0 Å². The molecule has 0 spiro atoms. The highest BCUT2D eigenvalue weighted by atomic mass is 16.5. The van der Waals surface area contributed by atoms with Gasteiger partial charge in [-0.25, -0.2) is 4.98 Å². The van der Waals surface area contributed by atoms with Crippen molar-refractivity contribution < 1.29 is 14.3 Å². The number of hydrogen-bond acceptors (Lipinski definition) is 5. The molecule has 154 valence electrons. The summed E-state index contributed by atoms with van der Waals surface area (Å²) in [7, 11) is 3.46. The van der Waals surface area contributed by atoms with Gasteiger partial charge in [0.15, 0.2) is 0 Å². The minimum Gasteiger partial charge on any atom is -0.497 e. The van der Waals surface area contributed by atoms with Gasteiger partial charge in [-0.15, -0.1) is 0 Å². The number of amides is 2. The molecule has 2 aromatic rings. The van der Waals surface area contributed by atoms with E-state index in [4.69, 9.17) is 4.74 Å². The number of benzene rings is 1. The van der Waals surface area contributed by atoms with Crippen LogP contribution in [0.15, 0.2) is 42.6 Å². The molecule has 0 saturated carbocycles. The Morgan fingerprint density at radius 1 is 1.21 bits per heavy atom. The number of rotatable bonds is 7. The number of nitrogens with zero attached hydrogens (tertiary/aromatic N) is 3. The van der Waals surface area contributed by atoms with Crippen LogP contribution in [0.25, 0.3) is 0 Å². The van der Waals surface area contributed by atoms with E-state index in [0.29, 0.717) is 18.7 Å². The van der Waals surface area contributed by atoms with E-state index in [1.807, 2.05) is 43.1 Å². The minimum absolute atomic E-state index is 0.0803. The molecule has 2 heterocycles. The van der Waals surface area contributed by atoms with Crippen molar-refractivity contribution in [3.05, 3.63) is 53.7 Å². The van der Waals surface area contributed by atoms with Crippen molar-refractivity contribution in [3.63, 3.8) is 0 Å². The maximum atomic E-state index is 12.3. The summed E-state index contributed by atoms with van der Waals surface area (Å²) in [6.07, 6.45) is 3.31. The van der Waals surface area contributed by atoms with E-state index in [1.165, 1.54) is 5.56 Å². The molecule has 0 unspecified atom stereocenters. The molecular formula is C22H28N4O3. The summed E-state index contributed by atoms with van der Waals surface area (Å²) in [6, 6.07) is 11.3. The number of aromatic nitrogens is 1. The van der Waals surface area contributed by atoms with Gasteiger partial charge in [0.1, 0.15) is 17.6 Å². The quantitative estimate of drug-likeness (QED) is 0.726. The first-order chi connectivity index (χ1) is 14.0. The smallest absolute Gasteiger partial charge is 0.252 e. The summed E-state index contributed by atoms with van der Waals surface area (Å²) < 4.78 is 5.15. The Kier molecular flexibility index (Phi) is 6.69. The number of hydrogen-bond donors (Lipinski definition) is 1. The lowest BCUT2D eigenvalue weighted by molar-refractivity contribution is -0.132. The second-order valence-corrected chi connectivity index (χ2v) is 7.24. The molecular weight excluding hydrogens is 368 g/mol. The fraction of sp³-hybridized carbons (Fsp3) is 0.409. The van der Waals surface area contributed by atoms with E-state index < -0.39 is 0 Å². The predicted molar refractivity (Wildman–Crippen MR) is 112 cm³/mol. The third kappa shape index (κ3) is 5.04. The van der Waals surface area contributed by atoms with Gasteiger partial charge in [-0.1, -0.05) is 12.1 Å². The number of methoxy groups -OCH3 is 1. The lowest BCUT2D eigenvalue weighted by Gasteiger charge is -2.38. The molecule has 0 bridgehead atoms. The normalized spacial score (nSPS) is 16.7. The first-order valence-electron chi connectivity index (χ1n) is 9.88. The van der Waals surface area contributed by atoms with E-state index in [1.54, 1.807) is 30.3 Å². The second kappa shape index (κ2) is 9.41. The number of likely N-dealkylation sites (N-methyl/N-ethyl adjacent to an activating group) is 1. The first-order valence-corrected chi connectivity index (χ1v) is 9.88. The van der Waals surface area contributed by atoms with Gasteiger partial charge in [-0.2, -0.15) is 0 Å². The summed E-state index contributed by atoms with van der Waals surface area (Å²) in [6.45, 7) is 3.87. The summed E-state index contributed by atoms with van der Waals surface area (Å²) in [5.74, 6) is 1.50. The van der Waals surface area contributed by atoms with Gasteiger partial charge in [-0.05, 0) is 49.6 Å². The average Bonchev–Trinajstić information content (AvgIpc) is 2.75. The molecule has 7 nitrogen and oxygen atoms in total. The summed E-state index contributed by atoms with van der Waals surface area (Å²) >= 11 is 0. The number of aryl methyl sites for hydroxylation is 1. The molecule has 1 aliphatic heterocycles. The van der Waals surface area contributed by atoms with Crippen LogP contribution in [0.4, 0.5) is 5.82 Å². The maximum Gasteiger partial charge on any atom is 0.252 e. The van der Waals surface area contributed by atoms with Gasteiger partial charge in [-0.3, -0.25) is 9.59 Å². The second-order valence-electron chi connectivity index (χ2n) is 7.24. The lowest BCUT2D eigenvalue weighted by atomic mass is 10.1. The monoisotopic (exact) mass is 396 g/mol. The molecule has 0 aliphatic carbocycles. The Balaban J connectivity index is 1.48. The Labute approximate surface area is 171 Å². The summed E-state index contributed by atoms with van der Waals surface area (Å²) in [5.41, 5.74) is 1.73. The number of pyridine rings is 1. The van der Waals surface area contributed by atoms with Crippen molar-refractivity contribution in [1.82, 2.24) is 15.2 Å². The van der Waals surface area contributed by atoms with Crippen LogP contribution in [-0.2, 0) is 11.2 Å². The predicted octanol–water partition coefficient (Wildman–Crippen LogP) is 2.12. The van der Waals surface area contributed by atoms with Gasteiger partial charge >= 0.3 is 0 Å². The largest absolute Gasteiger partial charge is 0.497 e. The van der Waals surface area contributed by atoms with Gasteiger partial charge in [0.25, 0.3) is 5.91 Å². The highest BCUT2D eigenvalue weighted by molar-refractivity contribution is 5.94. The fourth-order valence-electron chi connectivity index (χ4n) is 3.41. The Morgan fingerprint density at radius 2 is 1.97 bits per heavy atom. The van der Waals surface area contributed by atoms with Crippen molar-refractivity contribution in [2.75, 3.05) is 38.7 Å². The van der Waals surface area contributed by atoms with Crippen molar-refractivity contribution >= 4 is 17.6 Å². The Morgan fingerprint density at radius 3 is 2.62 bits per heavy atom. The zero-order chi connectivity index (χ0) is 20.8. The third-order valence-corrected chi connectivity index (χ3v) is 5.27. The van der Waals surface area contributed by atoms with Crippen LogP contribution >= 0.6 is 0 Å². The van der Waals surface area contributed by atoms with E-state index >= 15 is 0 Å². The van der Waals surface area contributed by atoms with Gasteiger partial charge in [0.05, 0.1) is 12.7 Å². The van der Waals surface area contributed by atoms with E-state index in [2.05, 4.69) is 10.3 Å². The molecule has 2 amide bonds. The van der Waals surface area contributed by atoms with Crippen LogP contribution in [0.5, 0.6) is 5.75 Å². The molecule has 1 atom stereocenters. The summed E-state index contributed by atoms with van der Waals surface area (Å²) in [4.78, 5) is 32.6. The molecule has 1 aromatic heterocycles. The number of nitrogens with one attached hydrogen (secondary N) is 1. The van der Waals surface area contributed by atoms with Crippen LogP contribution in [0.1, 0.15) is 29.3 Å². The fourth-order valence-corrected chi connectivity index (χ4v) is 3.41. The number of carbonyl (C=O) groups is 2. The van der Waals surface area contributed by atoms with Crippen molar-refractivity contribution in [2.24, 2.45) is 0 Å². The average molecular weight is 396 g/mol. The standard InChI is InChI=1S/C22H28N4O3/c1-16-22(28)25(2)13-14-26(16)20-11-8-18(15-24-20)21(27)23-12-4-5-17-6-9-19(29-3)10-7-17/h6-11,15-16H,4-5,12-14H2,1-3H3,(H,23,27)/t16-/m0/s1. The number of piperazine rings is 1. The zero-order valence-corrected chi connectivity index (χ0v) is 17.2. The topological polar surface area (TPSA) is 74.8 Å². The molecule has 7 heteroatoms. The van der Waals surface area contributed by atoms with Crippen LogP contribution in [0, 0.1) is 0 Å². The highest BCUT2D eigenvalue weighted by Crippen LogP contribution is 2.19. The molecule has 0 radical (unpaired) electrons. The summed E-state index contributed by atoms with van der Waals surface area (Å²) in [5, 5.41) is 2.93. The van der Waals surface area contributed by atoms with E-state index in [9.17, 15) is 9.59 Å². The van der Waals surface area contributed by atoms with E-state index in [-0.39, 0.29) is 17.9 Å². The Hall–Kier alpha value is -3.09. The third-order valence-electron chi connectivity index (χ3n) is 5.27. The molecule has 3 rings (SSSR count).